The van der Waals surface area contributed by atoms with Crippen molar-refractivity contribution >= 4 is 12.0 Å². The number of carbonyl (C=O) groups is 1. The van der Waals surface area contributed by atoms with Gasteiger partial charge in [0, 0.05) is 19.7 Å². The van der Waals surface area contributed by atoms with Gasteiger partial charge in [0.05, 0.1) is 26.9 Å². The Bertz CT molecular complexity index is 765. The van der Waals surface area contributed by atoms with Gasteiger partial charge in [0.2, 0.25) is 11.7 Å². The summed E-state index contributed by atoms with van der Waals surface area (Å²) in [4.78, 5) is 12.6. The molecule has 6 nitrogen and oxygen atoms in total. The summed E-state index contributed by atoms with van der Waals surface area (Å²) in [5.41, 5.74) is 0.597. The summed E-state index contributed by atoms with van der Waals surface area (Å²) < 4.78 is 22.2. The zero-order valence-electron chi connectivity index (χ0n) is 18.4. The average molecular weight is 416 g/mol. The zero-order valence-corrected chi connectivity index (χ0v) is 18.4. The molecule has 0 radical (unpaired) electrons. The number of methoxy groups -OCH3 is 4. The lowest BCUT2D eigenvalue weighted by Crippen LogP contribution is -2.63. The number of hydrogen-bond donors (Lipinski definition) is 1. The molecule has 4 aliphatic carbocycles. The number of nitrogens with one attached hydrogen (secondary N) is 1. The molecular formula is C24H33NO5. The van der Waals surface area contributed by atoms with Crippen LogP contribution in [0.1, 0.15) is 37.7 Å². The van der Waals surface area contributed by atoms with Crippen LogP contribution in [0.25, 0.3) is 6.08 Å². The molecule has 0 unspecified atom stereocenters. The van der Waals surface area contributed by atoms with Crippen LogP contribution < -0.4 is 19.5 Å². The molecule has 1 aromatic rings. The van der Waals surface area contributed by atoms with Gasteiger partial charge in [-0.1, -0.05) is 0 Å². The first-order valence-corrected chi connectivity index (χ1v) is 10.8. The van der Waals surface area contributed by atoms with Crippen LogP contribution in [0.4, 0.5) is 0 Å². The fourth-order valence-corrected chi connectivity index (χ4v) is 6.33. The van der Waals surface area contributed by atoms with Crippen molar-refractivity contribution in [3.63, 3.8) is 0 Å². The predicted molar refractivity (Wildman–Crippen MR) is 115 cm³/mol. The lowest BCUT2D eigenvalue weighted by atomic mass is 9.49. The van der Waals surface area contributed by atoms with Crippen molar-refractivity contribution in [3.8, 4) is 17.2 Å². The van der Waals surface area contributed by atoms with Crippen LogP contribution in [0.3, 0.4) is 0 Å². The zero-order chi connectivity index (χ0) is 21.3. The molecule has 1 N–H and O–H groups in total. The maximum atomic E-state index is 12.6. The second kappa shape index (κ2) is 8.50. The van der Waals surface area contributed by atoms with Gasteiger partial charge >= 0.3 is 0 Å². The smallest absolute Gasteiger partial charge is 0.244 e. The predicted octanol–water partition coefficient (Wildman–Crippen LogP) is 3.68. The molecule has 4 aliphatic rings. The molecular weight excluding hydrogens is 382 g/mol. The molecule has 0 aromatic heterocycles. The fraction of sp³-hybridized carbons (Fsp3) is 0.625. The second-order valence-electron chi connectivity index (χ2n) is 8.97. The maximum Gasteiger partial charge on any atom is 0.244 e. The number of ether oxygens (including phenoxy) is 4. The fourth-order valence-electron chi connectivity index (χ4n) is 6.33. The highest BCUT2D eigenvalue weighted by Gasteiger charge is 2.57. The summed E-state index contributed by atoms with van der Waals surface area (Å²) in [6.45, 7) is 0.580. The largest absolute Gasteiger partial charge is 0.493 e. The first-order chi connectivity index (χ1) is 14.5. The van der Waals surface area contributed by atoms with Gasteiger partial charge in [-0.3, -0.25) is 4.79 Å². The Morgan fingerprint density at radius 1 is 0.967 bits per heavy atom. The molecule has 0 saturated heterocycles. The number of carbonyl (C=O) groups excluding carboxylic acids is 1. The Hall–Kier alpha value is -2.21. The Balaban J connectivity index is 1.43. The summed E-state index contributed by atoms with van der Waals surface area (Å²) >= 11 is 0. The molecule has 1 amide bonds. The average Bonchev–Trinajstić information content (AvgIpc) is 2.76. The second-order valence-corrected chi connectivity index (χ2v) is 8.97. The highest BCUT2D eigenvalue weighted by molar-refractivity contribution is 5.92. The SMILES string of the molecule is COc1cc(/C=C/C(=O)NCC2(OC)C3CC4CC(C3)CC2C4)cc(OC)c1OC. The molecule has 4 saturated carbocycles. The molecule has 4 bridgehead atoms. The van der Waals surface area contributed by atoms with Gasteiger partial charge in [0.15, 0.2) is 11.5 Å². The molecule has 0 heterocycles. The highest BCUT2D eigenvalue weighted by Crippen LogP contribution is 2.59. The van der Waals surface area contributed by atoms with Gasteiger partial charge in [0.25, 0.3) is 0 Å². The quantitative estimate of drug-likeness (QED) is 0.656. The summed E-state index contributed by atoms with van der Waals surface area (Å²) in [6.07, 6.45) is 9.71. The van der Waals surface area contributed by atoms with E-state index in [1.165, 1.54) is 32.1 Å². The third-order valence-corrected chi connectivity index (χ3v) is 7.55. The van der Waals surface area contributed by atoms with Crippen molar-refractivity contribution in [1.29, 1.82) is 0 Å². The first-order valence-electron chi connectivity index (χ1n) is 10.8. The van der Waals surface area contributed by atoms with Crippen molar-refractivity contribution in [1.82, 2.24) is 5.32 Å². The third-order valence-electron chi connectivity index (χ3n) is 7.55. The minimum Gasteiger partial charge on any atom is -0.493 e. The van der Waals surface area contributed by atoms with Crippen molar-refractivity contribution in [2.45, 2.75) is 37.7 Å². The normalized spacial score (nSPS) is 31.7. The molecule has 0 spiro atoms. The third kappa shape index (κ3) is 3.66. The van der Waals surface area contributed by atoms with Crippen LogP contribution in [-0.2, 0) is 9.53 Å². The summed E-state index contributed by atoms with van der Waals surface area (Å²) in [5, 5.41) is 3.11. The topological polar surface area (TPSA) is 66.0 Å². The molecule has 6 heteroatoms. The van der Waals surface area contributed by atoms with Crippen LogP contribution in [0.2, 0.25) is 0 Å². The molecule has 4 fully saturated rings. The Labute approximate surface area is 178 Å². The molecule has 5 rings (SSSR count). The molecule has 0 aliphatic heterocycles. The summed E-state index contributed by atoms with van der Waals surface area (Å²) in [6, 6.07) is 3.64. The van der Waals surface area contributed by atoms with Crippen molar-refractivity contribution in [2.24, 2.45) is 23.7 Å². The summed E-state index contributed by atoms with van der Waals surface area (Å²) in [5.74, 6) is 4.40. The van der Waals surface area contributed by atoms with E-state index in [1.807, 2.05) is 19.2 Å². The van der Waals surface area contributed by atoms with Gasteiger partial charge in [-0.15, -0.1) is 0 Å². The lowest BCUT2D eigenvalue weighted by molar-refractivity contribution is -0.187. The van der Waals surface area contributed by atoms with E-state index in [0.29, 0.717) is 35.6 Å². The summed E-state index contributed by atoms with van der Waals surface area (Å²) in [7, 11) is 6.54. The molecule has 1 aromatic carbocycles. The lowest BCUT2D eigenvalue weighted by Gasteiger charge is -2.60. The Morgan fingerprint density at radius 2 is 1.53 bits per heavy atom. The number of hydrogen-bond acceptors (Lipinski definition) is 5. The minimum atomic E-state index is -0.205. The van der Waals surface area contributed by atoms with Gasteiger partial charge < -0.3 is 24.3 Å². The van der Waals surface area contributed by atoms with Gasteiger partial charge in [-0.2, -0.15) is 0 Å². The van der Waals surface area contributed by atoms with E-state index in [2.05, 4.69) is 5.32 Å². The van der Waals surface area contributed by atoms with E-state index in [4.69, 9.17) is 18.9 Å². The van der Waals surface area contributed by atoms with Crippen LogP contribution in [0.5, 0.6) is 17.2 Å². The van der Waals surface area contributed by atoms with Gasteiger partial charge in [0.1, 0.15) is 0 Å². The Morgan fingerprint density at radius 3 is 2.00 bits per heavy atom. The van der Waals surface area contributed by atoms with E-state index < -0.39 is 0 Å². The maximum absolute atomic E-state index is 12.6. The minimum absolute atomic E-state index is 0.117. The molecule has 30 heavy (non-hydrogen) atoms. The standard InChI is InChI=1S/C24H33NO5/c1-27-20-12-15(13-21(28-2)23(20)29-3)5-6-22(26)25-14-24(30-4)18-8-16-7-17(10-18)11-19(24)9-16/h5-6,12-13,16-19H,7-11,14H2,1-4H3,(H,25,26)/b6-5+. The van der Waals surface area contributed by atoms with E-state index in [0.717, 1.165) is 17.4 Å². The molecule has 164 valence electrons. The van der Waals surface area contributed by atoms with E-state index >= 15 is 0 Å². The Kier molecular flexibility index (Phi) is 5.96. The van der Waals surface area contributed by atoms with Crippen molar-refractivity contribution in [2.75, 3.05) is 35.0 Å². The van der Waals surface area contributed by atoms with Gasteiger partial charge in [-0.05, 0) is 79.5 Å². The monoisotopic (exact) mass is 415 g/mol. The first kappa shape index (κ1) is 21.0. The van der Waals surface area contributed by atoms with Gasteiger partial charge in [-0.25, -0.2) is 0 Å². The van der Waals surface area contributed by atoms with Crippen molar-refractivity contribution < 1.29 is 23.7 Å². The van der Waals surface area contributed by atoms with Crippen LogP contribution in [0.15, 0.2) is 18.2 Å². The van der Waals surface area contributed by atoms with Crippen LogP contribution in [0, 0.1) is 23.7 Å². The highest BCUT2D eigenvalue weighted by atomic mass is 16.5. The number of rotatable bonds is 8. The number of amides is 1. The van der Waals surface area contributed by atoms with Crippen LogP contribution in [-0.4, -0.2) is 46.5 Å². The van der Waals surface area contributed by atoms with E-state index in [1.54, 1.807) is 33.5 Å². The van der Waals surface area contributed by atoms with E-state index in [-0.39, 0.29) is 11.5 Å². The van der Waals surface area contributed by atoms with Crippen LogP contribution >= 0.6 is 0 Å². The van der Waals surface area contributed by atoms with E-state index in [9.17, 15) is 4.79 Å². The number of benzene rings is 1. The van der Waals surface area contributed by atoms with Crippen molar-refractivity contribution in [3.05, 3.63) is 23.8 Å². The molecule has 0 atom stereocenters.